The number of rotatable bonds is 7. The van der Waals surface area contributed by atoms with Crippen molar-refractivity contribution in [3.63, 3.8) is 0 Å². The number of H-pyrrole nitrogens is 1. The summed E-state index contributed by atoms with van der Waals surface area (Å²) >= 11 is 0. The van der Waals surface area contributed by atoms with Gasteiger partial charge in [-0.2, -0.15) is 0 Å². The Bertz CT molecular complexity index is 1540. The molecule has 0 aliphatic carbocycles. The molecule has 1 fully saturated rings. The lowest BCUT2D eigenvalue weighted by atomic mass is 10.00. The molecule has 4 aromatic rings. The van der Waals surface area contributed by atoms with E-state index in [2.05, 4.69) is 15.3 Å². The van der Waals surface area contributed by atoms with E-state index in [4.69, 9.17) is 5.73 Å². The summed E-state index contributed by atoms with van der Waals surface area (Å²) in [6, 6.07) is 20.2. The zero-order valence-corrected chi connectivity index (χ0v) is 21.1. The minimum absolute atomic E-state index is 0.0288. The number of nitrogens with one attached hydrogen (secondary N) is 2. The summed E-state index contributed by atoms with van der Waals surface area (Å²) in [6.07, 6.45) is 3.48. The van der Waals surface area contributed by atoms with E-state index in [1.165, 1.54) is 0 Å². The second-order valence-electron chi connectivity index (χ2n) is 9.28. The van der Waals surface area contributed by atoms with Gasteiger partial charge in [0.25, 0.3) is 0 Å². The number of carbonyl (C=O) groups is 3. The van der Waals surface area contributed by atoms with E-state index in [1.807, 2.05) is 67.6 Å². The molecule has 5 rings (SSSR count). The van der Waals surface area contributed by atoms with Gasteiger partial charge in [-0.15, -0.1) is 0 Å². The average Bonchev–Trinajstić information content (AvgIpc) is 3.49. The molecule has 9 nitrogen and oxygen atoms in total. The molecule has 1 aliphatic heterocycles. The first-order valence-corrected chi connectivity index (χ1v) is 12.3. The first kappa shape index (κ1) is 24.8. The molecular formula is C29H28N6O3. The fourth-order valence-electron chi connectivity index (χ4n) is 4.50. The van der Waals surface area contributed by atoms with Crippen LogP contribution in [0.5, 0.6) is 0 Å². The topological polar surface area (TPSA) is 124 Å². The van der Waals surface area contributed by atoms with Crippen molar-refractivity contribution in [3.05, 3.63) is 89.6 Å². The van der Waals surface area contributed by atoms with Crippen LogP contribution in [-0.4, -0.2) is 52.9 Å². The van der Waals surface area contributed by atoms with Gasteiger partial charge in [-0.3, -0.25) is 14.5 Å². The number of benzene rings is 2. The normalized spacial score (nSPS) is 14.7. The summed E-state index contributed by atoms with van der Waals surface area (Å²) in [6.45, 7) is 3.16. The molecule has 2 aromatic heterocycles. The molecule has 1 saturated heterocycles. The number of carbonyl (C=O) groups excluding carboxylic acids is 3. The highest BCUT2D eigenvalue weighted by Gasteiger charge is 2.26. The van der Waals surface area contributed by atoms with Crippen LogP contribution in [0.4, 0.5) is 16.3 Å². The lowest BCUT2D eigenvalue weighted by Crippen LogP contribution is -2.29. The summed E-state index contributed by atoms with van der Waals surface area (Å²) in [5.74, 6) is -0.742. The Morgan fingerprint density at radius 1 is 1.05 bits per heavy atom. The zero-order valence-electron chi connectivity index (χ0n) is 21.1. The van der Waals surface area contributed by atoms with Crippen LogP contribution in [0.1, 0.15) is 29.5 Å². The molecule has 0 spiro atoms. The molecule has 192 valence electrons. The van der Waals surface area contributed by atoms with Crippen molar-refractivity contribution in [2.45, 2.75) is 12.8 Å². The van der Waals surface area contributed by atoms with Crippen molar-refractivity contribution in [1.82, 2.24) is 14.9 Å². The van der Waals surface area contributed by atoms with Crippen molar-refractivity contribution in [1.29, 1.82) is 0 Å². The Hall–Kier alpha value is -4.92. The minimum atomic E-state index is -0.524. The number of hydrogen-bond donors (Lipinski definition) is 3. The molecule has 1 atom stereocenters. The van der Waals surface area contributed by atoms with Crippen LogP contribution in [0.3, 0.4) is 0 Å². The predicted octanol–water partition coefficient (Wildman–Crippen LogP) is 4.20. The average molecular weight is 509 g/mol. The predicted molar refractivity (Wildman–Crippen MR) is 148 cm³/mol. The van der Waals surface area contributed by atoms with Crippen LogP contribution >= 0.6 is 0 Å². The molecule has 1 unspecified atom stereocenters. The second-order valence-corrected chi connectivity index (χ2v) is 9.28. The summed E-state index contributed by atoms with van der Waals surface area (Å²) in [7, 11) is 1.78. The van der Waals surface area contributed by atoms with Crippen LogP contribution < -0.4 is 16.0 Å². The number of amides is 4. The number of likely N-dealkylation sites (N-methyl/N-ethyl adjacent to an activating group) is 1. The summed E-state index contributed by atoms with van der Waals surface area (Å²) in [5, 5.41) is 3.67. The minimum Gasteiger partial charge on any atom is -0.366 e. The summed E-state index contributed by atoms with van der Waals surface area (Å²) in [5.41, 5.74) is 9.74. The number of urea groups is 1. The number of anilines is 2. The third-order valence-corrected chi connectivity index (χ3v) is 6.79. The monoisotopic (exact) mass is 508 g/mol. The van der Waals surface area contributed by atoms with E-state index in [0.29, 0.717) is 30.1 Å². The maximum Gasteiger partial charge on any atom is 0.324 e. The van der Waals surface area contributed by atoms with Crippen LogP contribution in [0.15, 0.2) is 72.9 Å². The van der Waals surface area contributed by atoms with Crippen molar-refractivity contribution in [3.8, 4) is 0 Å². The van der Waals surface area contributed by atoms with E-state index in [0.717, 1.165) is 27.8 Å². The lowest BCUT2D eigenvalue weighted by Gasteiger charge is -2.17. The number of hydrogen-bond acceptors (Lipinski definition) is 4. The summed E-state index contributed by atoms with van der Waals surface area (Å²) < 4.78 is 0. The van der Waals surface area contributed by atoms with Gasteiger partial charge in [-0.1, -0.05) is 42.5 Å². The quantitative estimate of drug-likeness (QED) is 0.324. The maximum absolute atomic E-state index is 13.0. The van der Waals surface area contributed by atoms with Gasteiger partial charge >= 0.3 is 6.03 Å². The first-order valence-electron chi connectivity index (χ1n) is 12.3. The van der Waals surface area contributed by atoms with Crippen molar-refractivity contribution >= 4 is 52.0 Å². The number of primary amides is 1. The van der Waals surface area contributed by atoms with E-state index in [9.17, 15) is 14.4 Å². The highest BCUT2D eigenvalue weighted by atomic mass is 16.2. The molecule has 1 aliphatic rings. The second kappa shape index (κ2) is 10.2. The van der Waals surface area contributed by atoms with E-state index < -0.39 is 11.8 Å². The Morgan fingerprint density at radius 3 is 2.45 bits per heavy atom. The van der Waals surface area contributed by atoms with Crippen LogP contribution in [-0.2, 0) is 9.59 Å². The third kappa shape index (κ3) is 4.86. The van der Waals surface area contributed by atoms with E-state index in [1.54, 1.807) is 35.2 Å². The van der Waals surface area contributed by atoms with Gasteiger partial charge in [0.2, 0.25) is 11.8 Å². The third-order valence-electron chi connectivity index (χ3n) is 6.79. The largest absolute Gasteiger partial charge is 0.366 e. The van der Waals surface area contributed by atoms with Gasteiger partial charge in [-0.05, 0) is 48.4 Å². The smallest absolute Gasteiger partial charge is 0.324 e. The Balaban J connectivity index is 1.31. The van der Waals surface area contributed by atoms with Gasteiger partial charge in [0.15, 0.2) is 0 Å². The molecule has 4 N–H and O–H groups in total. The van der Waals surface area contributed by atoms with Crippen LogP contribution in [0.25, 0.3) is 22.7 Å². The van der Waals surface area contributed by atoms with E-state index in [-0.39, 0.29) is 11.9 Å². The Morgan fingerprint density at radius 2 is 1.79 bits per heavy atom. The van der Waals surface area contributed by atoms with E-state index >= 15 is 0 Å². The van der Waals surface area contributed by atoms with Gasteiger partial charge in [-0.25, -0.2) is 9.78 Å². The van der Waals surface area contributed by atoms with Crippen LogP contribution in [0.2, 0.25) is 0 Å². The number of nitrogens with zero attached hydrogens (tertiary/aromatic N) is 3. The molecule has 4 amide bonds. The fraction of sp³-hybridized carbons (Fsp3) is 0.172. The fourth-order valence-corrected chi connectivity index (χ4v) is 4.50. The van der Waals surface area contributed by atoms with Crippen molar-refractivity contribution in [2.24, 2.45) is 5.73 Å². The standard InChI is InChI=1S/C29H28N6O3/c1-18(19-8-10-22(11-9-19)35-15-14-34(2)29(35)38)28(37)33-25-13-12-23-21(17-31-27(23)32-25)16-24(26(30)36)20-6-4-3-5-7-20/h3-13,16-18H,14-15H2,1-2H3,(H2,30,36)(H2,31,32,33,37)/b24-16+. The zero-order chi connectivity index (χ0) is 26.8. The highest BCUT2D eigenvalue weighted by molar-refractivity contribution is 6.24. The number of fused-ring (bicyclic) bond motifs is 1. The number of aromatic nitrogens is 2. The molecule has 3 heterocycles. The summed E-state index contributed by atoms with van der Waals surface area (Å²) in [4.78, 5) is 48.3. The molecule has 2 aromatic carbocycles. The van der Waals surface area contributed by atoms with Crippen LogP contribution in [0, 0.1) is 0 Å². The molecule has 38 heavy (non-hydrogen) atoms. The lowest BCUT2D eigenvalue weighted by molar-refractivity contribution is -0.117. The molecule has 9 heteroatoms. The Kier molecular flexibility index (Phi) is 6.66. The molecule has 0 saturated carbocycles. The van der Waals surface area contributed by atoms with Gasteiger partial charge in [0, 0.05) is 48.5 Å². The van der Waals surface area contributed by atoms with Gasteiger partial charge < -0.3 is 20.9 Å². The SMILES string of the molecule is CC(C(=O)Nc1ccc2c(/C=C(/C(N)=O)c3ccccc3)c[nH]c2n1)c1ccc(N2CCN(C)C2=O)cc1. The number of pyridine rings is 1. The highest BCUT2D eigenvalue weighted by Crippen LogP contribution is 2.26. The number of aromatic amines is 1. The number of nitrogens with two attached hydrogens (primary N) is 1. The first-order chi connectivity index (χ1) is 18.3. The molecular weight excluding hydrogens is 480 g/mol. The van der Waals surface area contributed by atoms with Crippen molar-refractivity contribution < 1.29 is 14.4 Å². The molecule has 0 radical (unpaired) electrons. The molecule has 0 bridgehead atoms. The van der Waals surface area contributed by atoms with Gasteiger partial charge in [0.1, 0.15) is 11.5 Å². The van der Waals surface area contributed by atoms with Gasteiger partial charge in [0.05, 0.1) is 5.92 Å². The Labute approximate surface area is 220 Å². The maximum atomic E-state index is 13.0. The van der Waals surface area contributed by atoms with Crippen molar-refractivity contribution in [2.75, 3.05) is 30.4 Å².